The summed E-state index contributed by atoms with van der Waals surface area (Å²) in [6.45, 7) is 2.45. The van der Waals surface area contributed by atoms with Crippen LogP contribution in [0, 0.1) is 0 Å². The Bertz CT molecular complexity index is 988. The molecular weight excluding hydrogens is 440 g/mol. The van der Waals surface area contributed by atoms with Crippen LogP contribution in [0.4, 0.5) is 5.13 Å². The lowest BCUT2D eigenvalue weighted by Crippen LogP contribution is -2.70. The van der Waals surface area contributed by atoms with Crippen LogP contribution in [0.3, 0.4) is 0 Å². The Balaban J connectivity index is 1.81. The van der Waals surface area contributed by atoms with Gasteiger partial charge < -0.3 is 26.1 Å². The summed E-state index contributed by atoms with van der Waals surface area (Å²) in [5.41, 5.74) is 3.16. The molecule has 2 amide bonds. The summed E-state index contributed by atoms with van der Waals surface area (Å²) in [6, 6.07) is -1.01. The first-order valence-electron chi connectivity index (χ1n) is 8.31. The molecule has 1 aromatic heterocycles. The number of β-lactam (4-membered cyclic amide) rings is 1. The number of hydrogen-bond acceptors (Lipinski definition) is 11. The molecule has 30 heavy (non-hydrogen) atoms. The molecule has 1 fully saturated rings. The van der Waals surface area contributed by atoms with Crippen LogP contribution in [0.25, 0.3) is 0 Å². The number of carboxylic acid groups (broad SMARTS) is 2. The number of amides is 2. The summed E-state index contributed by atoms with van der Waals surface area (Å²) in [5, 5.41) is 23.8. The lowest BCUT2D eigenvalue weighted by Gasteiger charge is -2.48. The van der Waals surface area contributed by atoms with Crippen molar-refractivity contribution in [3.63, 3.8) is 0 Å². The van der Waals surface area contributed by atoms with E-state index in [4.69, 9.17) is 15.7 Å². The van der Waals surface area contributed by atoms with E-state index in [1.807, 2.05) is 0 Å². The number of carbonyl (C=O) groups is 4. The number of nitrogen functional groups attached to an aromatic ring is 1. The second kappa shape index (κ2) is 7.91. The SMILES string of the molecule is CC(C)(O/N=C(\C(=O)NC1C(=O)N2C(C(=O)O)=CCSC12)c1nsc(N)n1)C(=O)O. The zero-order valence-corrected chi connectivity index (χ0v) is 17.2. The van der Waals surface area contributed by atoms with E-state index in [0.29, 0.717) is 5.75 Å². The van der Waals surface area contributed by atoms with E-state index in [1.165, 1.54) is 31.7 Å². The van der Waals surface area contributed by atoms with Gasteiger partial charge in [-0.15, -0.1) is 11.8 Å². The van der Waals surface area contributed by atoms with E-state index in [2.05, 4.69) is 19.8 Å². The van der Waals surface area contributed by atoms with Crippen LogP contribution >= 0.6 is 23.3 Å². The zero-order chi connectivity index (χ0) is 22.2. The summed E-state index contributed by atoms with van der Waals surface area (Å²) in [5.74, 6) is -3.93. The van der Waals surface area contributed by atoms with Gasteiger partial charge in [-0.05, 0) is 19.9 Å². The third-order valence-corrected chi connectivity index (χ3v) is 5.83. The molecule has 15 heteroatoms. The van der Waals surface area contributed by atoms with Gasteiger partial charge >= 0.3 is 11.9 Å². The summed E-state index contributed by atoms with van der Waals surface area (Å²) in [4.78, 5) is 57.6. The molecule has 2 unspecified atom stereocenters. The van der Waals surface area contributed by atoms with Crippen LogP contribution in [0.15, 0.2) is 16.9 Å². The molecule has 0 bridgehead atoms. The summed E-state index contributed by atoms with van der Waals surface area (Å²) in [7, 11) is 0. The maximum atomic E-state index is 12.8. The monoisotopic (exact) mass is 456 g/mol. The van der Waals surface area contributed by atoms with E-state index in [0.717, 1.165) is 16.4 Å². The molecule has 0 spiro atoms. The predicted molar refractivity (Wildman–Crippen MR) is 104 cm³/mol. The first-order valence-corrected chi connectivity index (χ1v) is 10.1. The third-order valence-electron chi connectivity index (χ3n) is 4.10. The van der Waals surface area contributed by atoms with Crippen molar-refractivity contribution >= 4 is 57.9 Å². The molecule has 2 aliphatic heterocycles. The van der Waals surface area contributed by atoms with Gasteiger partial charge in [0.05, 0.1) is 0 Å². The van der Waals surface area contributed by atoms with Crippen molar-refractivity contribution in [2.45, 2.75) is 30.9 Å². The van der Waals surface area contributed by atoms with Crippen molar-refractivity contribution in [3.8, 4) is 0 Å². The molecule has 1 aromatic rings. The maximum absolute atomic E-state index is 12.8. The Labute approximate surface area is 177 Å². The Hall–Kier alpha value is -3.20. The molecule has 3 heterocycles. The quantitative estimate of drug-likeness (QED) is 0.225. The first kappa shape index (κ1) is 21.5. The van der Waals surface area contributed by atoms with Crippen LogP contribution in [0.2, 0.25) is 0 Å². The fourth-order valence-corrected chi connectivity index (χ4v) is 4.09. The highest BCUT2D eigenvalue weighted by molar-refractivity contribution is 8.00. The van der Waals surface area contributed by atoms with Crippen molar-refractivity contribution in [3.05, 3.63) is 17.6 Å². The molecule has 0 radical (unpaired) electrons. The highest BCUT2D eigenvalue weighted by atomic mass is 32.2. The Morgan fingerprint density at radius 3 is 2.67 bits per heavy atom. The summed E-state index contributed by atoms with van der Waals surface area (Å²) in [6.07, 6.45) is 1.41. The van der Waals surface area contributed by atoms with Gasteiger partial charge in [-0.2, -0.15) is 9.36 Å². The van der Waals surface area contributed by atoms with Gasteiger partial charge in [0.1, 0.15) is 17.1 Å². The Kier molecular flexibility index (Phi) is 5.67. The predicted octanol–water partition coefficient (Wildman–Crippen LogP) is -0.927. The van der Waals surface area contributed by atoms with Crippen molar-refractivity contribution < 1.29 is 34.2 Å². The minimum Gasteiger partial charge on any atom is -0.478 e. The second-order valence-corrected chi connectivity index (χ2v) is 8.51. The van der Waals surface area contributed by atoms with Crippen molar-refractivity contribution in [1.82, 2.24) is 19.6 Å². The van der Waals surface area contributed by atoms with Gasteiger partial charge in [0.15, 0.2) is 5.13 Å². The van der Waals surface area contributed by atoms with Gasteiger partial charge in [-0.1, -0.05) is 5.16 Å². The highest BCUT2D eigenvalue weighted by Gasteiger charge is 2.53. The average Bonchev–Trinajstić information content (AvgIpc) is 3.11. The number of anilines is 1. The summed E-state index contributed by atoms with van der Waals surface area (Å²) < 4.78 is 3.87. The number of carbonyl (C=O) groups excluding carboxylic acids is 2. The van der Waals surface area contributed by atoms with Gasteiger partial charge in [0.25, 0.3) is 11.8 Å². The van der Waals surface area contributed by atoms with E-state index in [-0.39, 0.29) is 16.7 Å². The average molecular weight is 456 g/mol. The van der Waals surface area contributed by atoms with Gasteiger partial charge in [-0.25, -0.2) is 9.59 Å². The van der Waals surface area contributed by atoms with Crippen LogP contribution in [-0.4, -0.2) is 76.7 Å². The van der Waals surface area contributed by atoms with Crippen molar-refractivity contribution in [2.24, 2.45) is 5.16 Å². The lowest BCUT2D eigenvalue weighted by molar-refractivity contribution is -0.161. The minimum atomic E-state index is -1.75. The highest BCUT2D eigenvalue weighted by Crippen LogP contribution is 2.37. The topological polar surface area (TPSA) is 197 Å². The van der Waals surface area contributed by atoms with E-state index >= 15 is 0 Å². The molecule has 0 aromatic carbocycles. The molecule has 2 aliphatic rings. The molecule has 3 rings (SSSR count). The molecule has 5 N–H and O–H groups in total. The van der Waals surface area contributed by atoms with E-state index in [9.17, 15) is 24.3 Å². The summed E-state index contributed by atoms with van der Waals surface area (Å²) >= 11 is 2.06. The molecule has 160 valence electrons. The molecule has 2 atom stereocenters. The Morgan fingerprint density at radius 1 is 1.40 bits per heavy atom. The third kappa shape index (κ3) is 3.93. The number of nitrogens with zero attached hydrogens (tertiary/aromatic N) is 4. The van der Waals surface area contributed by atoms with Crippen LogP contribution in [0.5, 0.6) is 0 Å². The molecule has 13 nitrogen and oxygen atoms in total. The molecule has 0 saturated carbocycles. The number of thioether (sulfide) groups is 1. The lowest BCUT2D eigenvalue weighted by atomic mass is 10.0. The number of carboxylic acids is 2. The second-order valence-electron chi connectivity index (χ2n) is 6.58. The number of rotatable bonds is 7. The van der Waals surface area contributed by atoms with Gasteiger partial charge in [0.2, 0.25) is 17.1 Å². The number of aromatic nitrogens is 2. The zero-order valence-electron chi connectivity index (χ0n) is 15.6. The largest absolute Gasteiger partial charge is 0.478 e. The Morgan fingerprint density at radius 2 is 2.10 bits per heavy atom. The van der Waals surface area contributed by atoms with Gasteiger partial charge in [-0.3, -0.25) is 14.5 Å². The fraction of sp³-hybridized carbons (Fsp3) is 0.400. The number of fused-ring (bicyclic) bond motifs is 1. The first-order chi connectivity index (χ1) is 14.0. The normalized spacial score (nSPS) is 21.3. The molecule has 1 saturated heterocycles. The van der Waals surface area contributed by atoms with Gasteiger partial charge in [0, 0.05) is 17.3 Å². The molecule has 0 aliphatic carbocycles. The standard InChI is InChI=1S/C15H16N6O7S2/c1-15(2,13(26)27)28-19-6(8-18-14(16)30-20-8)9(22)17-7-10(23)21-5(12(24)25)3-4-29-11(7)21/h3,7,11H,4H2,1-2H3,(H,17,22)(H,24,25)(H,26,27)(H2,16,18,20)/b19-6-. The van der Waals surface area contributed by atoms with Crippen LogP contribution < -0.4 is 11.1 Å². The van der Waals surface area contributed by atoms with Crippen molar-refractivity contribution in [2.75, 3.05) is 11.5 Å². The molecular formula is C15H16N6O7S2. The number of oxime groups is 1. The maximum Gasteiger partial charge on any atom is 0.352 e. The van der Waals surface area contributed by atoms with Crippen molar-refractivity contribution in [1.29, 1.82) is 0 Å². The minimum absolute atomic E-state index is 0.0352. The fourth-order valence-electron chi connectivity index (χ4n) is 2.46. The number of nitrogens with two attached hydrogens (primary N) is 1. The van der Waals surface area contributed by atoms with Crippen LogP contribution in [-0.2, 0) is 24.0 Å². The smallest absolute Gasteiger partial charge is 0.352 e. The number of nitrogens with one attached hydrogen (secondary N) is 1. The number of aliphatic carboxylic acids is 2. The number of hydrogen-bond donors (Lipinski definition) is 4. The van der Waals surface area contributed by atoms with Crippen LogP contribution in [0.1, 0.15) is 19.7 Å². The van der Waals surface area contributed by atoms with E-state index < -0.39 is 46.5 Å². The van der Waals surface area contributed by atoms with E-state index in [1.54, 1.807) is 0 Å².